The summed E-state index contributed by atoms with van der Waals surface area (Å²) >= 11 is 0. The lowest BCUT2D eigenvalue weighted by Gasteiger charge is -2.34. The third-order valence-corrected chi connectivity index (χ3v) is 2.57. The molecule has 1 aliphatic rings. The topological polar surface area (TPSA) is 85.7 Å². The highest BCUT2D eigenvalue weighted by Gasteiger charge is 2.30. The lowest BCUT2D eigenvalue weighted by atomic mass is 10.2. The normalized spacial score (nSPS) is 20.8. The van der Waals surface area contributed by atoms with Crippen LogP contribution < -0.4 is 10.2 Å². The largest absolute Gasteiger partial charge is 0.504 e. The molecule has 16 heavy (non-hydrogen) atoms. The molecule has 6 nitrogen and oxygen atoms in total. The fourth-order valence-electron chi connectivity index (χ4n) is 1.79. The van der Waals surface area contributed by atoms with Crippen molar-refractivity contribution < 1.29 is 15.0 Å². The Hall–Kier alpha value is -1.82. The van der Waals surface area contributed by atoms with E-state index in [9.17, 15) is 9.90 Å². The number of aromatic nitrogens is 1. The van der Waals surface area contributed by atoms with Gasteiger partial charge in [-0.15, -0.1) is 0 Å². The van der Waals surface area contributed by atoms with Crippen LogP contribution in [0, 0.1) is 0 Å². The molecule has 2 heterocycles. The second-order valence-corrected chi connectivity index (χ2v) is 3.60. The predicted octanol–water partition coefficient (Wildman–Crippen LogP) is -0.350. The number of anilines is 1. The van der Waals surface area contributed by atoms with Gasteiger partial charge in [0.15, 0.2) is 11.6 Å². The summed E-state index contributed by atoms with van der Waals surface area (Å²) in [6.07, 6.45) is 1.54. The predicted molar refractivity (Wildman–Crippen MR) is 57.5 cm³/mol. The van der Waals surface area contributed by atoms with Gasteiger partial charge in [0.1, 0.15) is 6.04 Å². The molecule has 86 valence electrons. The van der Waals surface area contributed by atoms with Crippen molar-refractivity contribution in [2.24, 2.45) is 0 Å². The minimum absolute atomic E-state index is 0.00986. The van der Waals surface area contributed by atoms with Crippen LogP contribution in [0.25, 0.3) is 0 Å². The molecule has 0 aliphatic carbocycles. The Kier molecular flexibility index (Phi) is 2.91. The maximum Gasteiger partial charge on any atom is 0.327 e. The molecule has 0 saturated carbocycles. The molecular weight excluding hydrogens is 210 g/mol. The minimum atomic E-state index is -0.919. The molecule has 1 aromatic heterocycles. The van der Waals surface area contributed by atoms with Crippen LogP contribution in [0.5, 0.6) is 5.75 Å². The van der Waals surface area contributed by atoms with Gasteiger partial charge in [-0.3, -0.25) is 0 Å². The first-order valence-electron chi connectivity index (χ1n) is 5.04. The second-order valence-electron chi connectivity index (χ2n) is 3.60. The summed E-state index contributed by atoms with van der Waals surface area (Å²) < 4.78 is 0. The zero-order valence-corrected chi connectivity index (χ0v) is 8.63. The average molecular weight is 223 g/mol. The lowest BCUT2D eigenvalue weighted by Crippen LogP contribution is -2.55. The molecule has 3 N–H and O–H groups in total. The van der Waals surface area contributed by atoms with E-state index < -0.39 is 12.0 Å². The molecule has 6 heteroatoms. The molecule has 0 aromatic carbocycles. The number of hydrogen-bond donors (Lipinski definition) is 3. The van der Waals surface area contributed by atoms with E-state index in [4.69, 9.17) is 5.11 Å². The number of hydrogen-bond acceptors (Lipinski definition) is 5. The zero-order valence-electron chi connectivity index (χ0n) is 8.63. The van der Waals surface area contributed by atoms with Crippen LogP contribution in [0.15, 0.2) is 18.3 Å². The molecular formula is C10H13N3O3. The van der Waals surface area contributed by atoms with Crippen molar-refractivity contribution >= 4 is 11.8 Å². The molecule has 1 aliphatic heterocycles. The third-order valence-electron chi connectivity index (χ3n) is 2.57. The third kappa shape index (κ3) is 1.92. The molecule has 1 unspecified atom stereocenters. The van der Waals surface area contributed by atoms with Crippen molar-refractivity contribution in [3.8, 4) is 5.75 Å². The highest BCUT2D eigenvalue weighted by molar-refractivity contribution is 5.79. The quantitative estimate of drug-likeness (QED) is 0.635. The fourth-order valence-corrected chi connectivity index (χ4v) is 1.79. The molecule has 1 atom stereocenters. The van der Waals surface area contributed by atoms with E-state index in [-0.39, 0.29) is 5.75 Å². The second kappa shape index (κ2) is 4.36. The number of nitrogens with zero attached hydrogens (tertiary/aromatic N) is 2. The first kappa shape index (κ1) is 10.7. The van der Waals surface area contributed by atoms with Gasteiger partial charge >= 0.3 is 5.97 Å². The summed E-state index contributed by atoms with van der Waals surface area (Å²) in [7, 11) is 0. The molecule has 1 saturated heterocycles. The van der Waals surface area contributed by atoms with Gasteiger partial charge in [-0.05, 0) is 12.1 Å². The lowest BCUT2D eigenvalue weighted by molar-refractivity contribution is -0.138. The van der Waals surface area contributed by atoms with Crippen LogP contribution in [-0.4, -0.2) is 46.8 Å². The van der Waals surface area contributed by atoms with Crippen molar-refractivity contribution in [3.63, 3.8) is 0 Å². The van der Waals surface area contributed by atoms with Gasteiger partial charge in [-0.25, -0.2) is 9.78 Å². The summed E-state index contributed by atoms with van der Waals surface area (Å²) in [5.74, 6) is -0.579. The number of nitrogens with one attached hydrogen (secondary N) is 1. The van der Waals surface area contributed by atoms with Gasteiger partial charge < -0.3 is 20.4 Å². The molecule has 0 amide bonds. The monoisotopic (exact) mass is 223 g/mol. The van der Waals surface area contributed by atoms with Gasteiger partial charge in [-0.1, -0.05) is 0 Å². The summed E-state index contributed by atoms with van der Waals surface area (Å²) in [5.41, 5.74) is 0. The van der Waals surface area contributed by atoms with Crippen LogP contribution in [0.2, 0.25) is 0 Å². The van der Waals surface area contributed by atoms with Crippen LogP contribution >= 0.6 is 0 Å². The van der Waals surface area contributed by atoms with Crippen molar-refractivity contribution in [2.45, 2.75) is 6.04 Å². The highest BCUT2D eigenvalue weighted by atomic mass is 16.4. The number of aliphatic carboxylic acids is 1. The Morgan fingerprint density at radius 3 is 3.12 bits per heavy atom. The SMILES string of the molecule is O=C(O)C1CNCCN1c1ncccc1O. The Bertz CT molecular complexity index is 397. The Morgan fingerprint density at radius 1 is 1.62 bits per heavy atom. The number of aromatic hydroxyl groups is 1. The molecule has 0 bridgehead atoms. The Morgan fingerprint density at radius 2 is 2.44 bits per heavy atom. The number of rotatable bonds is 2. The number of carboxylic acids is 1. The smallest absolute Gasteiger partial charge is 0.327 e. The van der Waals surface area contributed by atoms with Gasteiger partial charge in [0.2, 0.25) is 0 Å². The molecule has 2 rings (SSSR count). The van der Waals surface area contributed by atoms with Crippen LogP contribution in [0.3, 0.4) is 0 Å². The number of carbonyl (C=O) groups is 1. The van der Waals surface area contributed by atoms with Crippen LogP contribution in [-0.2, 0) is 4.79 Å². The standard InChI is InChI=1S/C10H13N3O3/c14-8-2-1-3-12-9(8)13-5-4-11-6-7(13)10(15)16/h1-3,7,11,14H,4-6H2,(H,15,16). The van der Waals surface area contributed by atoms with E-state index in [1.165, 1.54) is 12.3 Å². The van der Waals surface area contributed by atoms with Gasteiger partial charge in [0.25, 0.3) is 0 Å². The first-order valence-corrected chi connectivity index (χ1v) is 5.04. The Balaban J connectivity index is 2.30. The van der Waals surface area contributed by atoms with E-state index in [1.807, 2.05) is 0 Å². The van der Waals surface area contributed by atoms with Crippen molar-refractivity contribution in [1.29, 1.82) is 0 Å². The molecule has 0 spiro atoms. The number of piperazine rings is 1. The summed E-state index contributed by atoms with van der Waals surface area (Å²) in [4.78, 5) is 16.7. The van der Waals surface area contributed by atoms with Gasteiger partial charge in [0.05, 0.1) is 0 Å². The van der Waals surface area contributed by atoms with Crippen molar-refractivity contribution in [1.82, 2.24) is 10.3 Å². The average Bonchev–Trinajstić information content (AvgIpc) is 2.29. The Labute approximate surface area is 92.5 Å². The van der Waals surface area contributed by atoms with E-state index in [0.717, 1.165) is 0 Å². The molecule has 0 radical (unpaired) electrons. The van der Waals surface area contributed by atoms with E-state index in [1.54, 1.807) is 11.0 Å². The number of carboxylic acid groups (broad SMARTS) is 1. The fraction of sp³-hybridized carbons (Fsp3) is 0.400. The van der Waals surface area contributed by atoms with Gasteiger partial charge in [-0.2, -0.15) is 0 Å². The van der Waals surface area contributed by atoms with E-state index >= 15 is 0 Å². The molecule has 1 aromatic rings. The van der Waals surface area contributed by atoms with E-state index in [2.05, 4.69) is 10.3 Å². The van der Waals surface area contributed by atoms with Crippen molar-refractivity contribution in [3.05, 3.63) is 18.3 Å². The maximum atomic E-state index is 11.1. The zero-order chi connectivity index (χ0) is 11.5. The molecule has 1 fully saturated rings. The van der Waals surface area contributed by atoms with Crippen molar-refractivity contribution in [2.75, 3.05) is 24.5 Å². The summed E-state index contributed by atoms with van der Waals surface area (Å²) in [6.45, 7) is 1.55. The number of pyridine rings is 1. The first-order chi connectivity index (χ1) is 7.70. The van der Waals surface area contributed by atoms with E-state index in [0.29, 0.717) is 25.5 Å². The minimum Gasteiger partial charge on any atom is -0.504 e. The van der Waals surface area contributed by atoms with Crippen LogP contribution in [0.4, 0.5) is 5.82 Å². The van der Waals surface area contributed by atoms with Crippen LogP contribution in [0.1, 0.15) is 0 Å². The summed E-state index contributed by atoms with van der Waals surface area (Å²) in [5, 5.41) is 21.7. The maximum absolute atomic E-state index is 11.1. The summed E-state index contributed by atoms with van der Waals surface area (Å²) in [6, 6.07) is 2.43. The highest BCUT2D eigenvalue weighted by Crippen LogP contribution is 2.25. The van der Waals surface area contributed by atoms with Gasteiger partial charge in [0, 0.05) is 25.8 Å².